The highest BCUT2D eigenvalue weighted by molar-refractivity contribution is 5.88. The number of carbonyl (C=O) groups is 1. The lowest BCUT2D eigenvalue weighted by atomic mass is 9.83. The van der Waals surface area contributed by atoms with Crippen molar-refractivity contribution in [3.63, 3.8) is 0 Å². The van der Waals surface area contributed by atoms with Gasteiger partial charge >= 0.3 is 0 Å². The number of rotatable bonds is 1. The number of piperidine rings is 1. The van der Waals surface area contributed by atoms with Gasteiger partial charge < -0.3 is 4.90 Å². The summed E-state index contributed by atoms with van der Waals surface area (Å²) < 4.78 is 0. The Morgan fingerprint density at radius 3 is 2.82 bits per heavy atom. The SMILES string of the molecule is O=C1C=CC[C@@H]2C[C@H](c3ccccc3)CCN12. The summed E-state index contributed by atoms with van der Waals surface area (Å²) in [6.07, 6.45) is 6.98. The van der Waals surface area contributed by atoms with Gasteiger partial charge in [0.2, 0.25) is 5.91 Å². The van der Waals surface area contributed by atoms with Crippen molar-refractivity contribution < 1.29 is 4.79 Å². The average molecular weight is 227 g/mol. The first-order valence-corrected chi connectivity index (χ1v) is 6.36. The van der Waals surface area contributed by atoms with E-state index in [1.165, 1.54) is 5.56 Å². The van der Waals surface area contributed by atoms with Crippen LogP contribution in [0.4, 0.5) is 0 Å². The van der Waals surface area contributed by atoms with Gasteiger partial charge in [-0.3, -0.25) is 4.79 Å². The summed E-state index contributed by atoms with van der Waals surface area (Å²) in [4.78, 5) is 13.8. The number of benzene rings is 1. The third-order valence-corrected chi connectivity index (χ3v) is 3.94. The van der Waals surface area contributed by atoms with Crippen molar-refractivity contribution in [2.24, 2.45) is 0 Å². The van der Waals surface area contributed by atoms with E-state index in [4.69, 9.17) is 0 Å². The second-order valence-corrected chi connectivity index (χ2v) is 4.96. The van der Waals surface area contributed by atoms with E-state index < -0.39 is 0 Å². The van der Waals surface area contributed by atoms with Crippen molar-refractivity contribution in [1.29, 1.82) is 0 Å². The van der Waals surface area contributed by atoms with Crippen molar-refractivity contribution in [2.75, 3.05) is 6.54 Å². The second-order valence-electron chi connectivity index (χ2n) is 4.96. The number of nitrogens with zero attached hydrogens (tertiary/aromatic N) is 1. The van der Waals surface area contributed by atoms with Crippen LogP contribution in [0.5, 0.6) is 0 Å². The molecule has 0 bridgehead atoms. The maximum atomic E-state index is 11.7. The predicted molar refractivity (Wildman–Crippen MR) is 67.7 cm³/mol. The number of fused-ring (bicyclic) bond motifs is 1. The van der Waals surface area contributed by atoms with Gasteiger partial charge in [0, 0.05) is 12.6 Å². The minimum atomic E-state index is 0.202. The summed E-state index contributed by atoms with van der Waals surface area (Å²) in [6, 6.07) is 11.1. The monoisotopic (exact) mass is 227 g/mol. The van der Waals surface area contributed by atoms with Gasteiger partial charge in [-0.25, -0.2) is 0 Å². The van der Waals surface area contributed by atoms with Crippen molar-refractivity contribution in [1.82, 2.24) is 4.90 Å². The molecule has 2 aliphatic rings. The molecular formula is C15H17NO. The molecule has 1 aromatic rings. The summed E-state index contributed by atoms with van der Waals surface area (Å²) in [5.74, 6) is 0.824. The number of carbonyl (C=O) groups excluding carboxylic acids is 1. The molecule has 0 saturated carbocycles. The Hall–Kier alpha value is -1.57. The van der Waals surface area contributed by atoms with Gasteiger partial charge in [-0.2, -0.15) is 0 Å². The maximum Gasteiger partial charge on any atom is 0.246 e. The van der Waals surface area contributed by atoms with Gasteiger partial charge in [-0.05, 0) is 36.8 Å². The molecule has 88 valence electrons. The van der Waals surface area contributed by atoms with E-state index in [1.807, 2.05) is 11.0 Å². The molecule has 2 aliphatic heterocycles. The number of hydrogen-bond donors (Lipinski definition) is 0. The standard InChI is InChI=1S/C15H17NO/c17-15-8-4-7-14-11-13(9-10-16(14)15)12-5-2-1-3-6-12/h1-6,8,13-14H,7,9-11H2/t13-,14-/m1/s1. The zero-order valence-corrected chi connectivity index (χ0v) is 9.88. The maximum absolute atomic E-state index is 11.7. The molecule has 2 nitrogen and oxygen atoms in total. The smallest absolute Gasteiger partial charge is 0.246 e. The van der Waals surface area contributed by atoms with Crippen LogP contribution in [-0.4, -0.2) is 23.4 Å². The fourth-order valence-electron chi connectivity index (χ4n) is 3.01. The Balaban J connectivity index is 1.77. The van der Waals surface area contributed by atoms with E-state index in [0.717, 1.165) is 25.8 Å². The minimum Gasteiger partial charge on any atom is -0.336 e. The van der Waals surface area contributed by atoms with Crippen LogP contribution in [0.15, 0.2) is 42.5 Å². The molecular weight excluding hydrogens is 210 g/mol. The van der Waals surface area contributed by atoms with Crippen LogP contribution >= 0.6 is 0 Å². The van der Waals surface area contributed by atoms with E-state index in [1.54, 1.807) is 6.08 Å². The molecule has 0 unspecified atom stereocenters. The van der Waals surface area contributed by atoms with E-state index in [2.05, 4.69) is 30.3 Å². The molecule has 3 rings (SSSR count). The molecule has 17 heavy (non-hydrogen) atoms. The Bertz CT molecular complexity index is 437. The summed E-state index contributed by atoms with van der Waals surface area (Å²) in [5, 5.41) is 0. The quantitative estimate of drug-likeness (QED) is 0.722. The molecule has 2 heteroatoms. The second kappa shape index (κ2) is 4.36. The van der Waals surface area contributed by atoms with Crippen LogP contribution in [0.25, 0.3) is 0 Å². The largest absolute Gasteiger partial charge is 0.336 e. The highest BCUT2D eigenvalue weighted by Crippen LogP contribution is 2.34. The third-order valence-electron chi connectivity index (χ3n) is 3.94. The molecule has 2 heterocycles. The van der Waals surface area contributed by atoms with Crippen LogP contribution in [0.2, 0.25) is 0 Å². The lowest BCUT2D eigenvalue weighted by Gasteiger charge is -2.40. The highest BCUT2D eigenvalue weighted by atomic mass is 16.2. The van der Waals surface area contributed by atoms with Gasteiger partial charge in [0.25, 0.3) is 0 Å². The number of hydrogen-bond acceptors (Lipinski definition) is 1. The van der Waals surface area contributed by atoms with E-state index in [0.29, 0.717) is 12.0 Å². The summed E-state index contributed by atoms with van der Waals surface area (Å²) >= 11 is 0. The fourth-order valence-corrected chi connectivity index (χ4v) is 3.01. The van der Waals surface area contributed by atoms with Gasteiger partial charge in [0.05, 0.1) is 0 Å². The molecule has 1 amide bonds. The van der Waals surface area contributed by atoms with Gasteiger partial charge in [-0.1, -0.05) is 36.4 Å². The molecule has 1 aromatic carbocycles. The Labute approximate surface area is 102 Å². The normalized spacial score (nSPS) is 28.0. The summed E-state index contributed by atoms with van der Waals surface area (Å²) in [6.45, 7) is 0.910. The molecule has 0 aromatic heterocycles. The van der Waals surface area contributed by atoms with E-state index in [-0.39, 0.29) is 5.91 Å². The van der Waals surface area contributed by atoms with Crippen molar-refractivity contribution in [3.8, 4) is 0 Å². The summed E-state index contributed by atoms with van der Waals surface area (Å²) in [7, 11) is 0. The van der Waals surface area contributed by atoms with Gasteiger partial charge in [0.15, 0.2) is 0 Å². The van der Waals surface area contributed by atoms with Gasteiger partial charge in [0.1, 0.15) is 0 Å². The third kappa shape index (κ3) is 1.99. The zero-order chi connectivity index (χ0) is 11.7. The van der Waals surface area contributed by atoms with Crippen LogP contribution in [-0.2, 0) is 4.79 Å². The molecule has 0 radical (unpaired) electrons. The lowest BCUT2D eigenvalue weighted by molar-refractivity contribution is -0.130. The minimum absolute atomic E-state index is 0.202. The molecule has 2 atom stereocenters. The predicted octanol–water partition coefficient (Wildman–Crippen LogP) is 2.72. The first-order valence-electron chi connectivity index (χ1n) is 6.36. The van der Waals surface area contributed by atoms with Crippen LogP contribution in [0, 0.1) is 0 Å². The fraction of sp³-hybridized carbons (Fsp3) is 0.400. The van der Waals surface area contributed by atoms with E-state index in [9.17, 15) is 4.79 Å². The van der Waals surface area contributed by atoms with E-state index >= 15 is 0 Å². The van der Waals surface area contributed by atoms with Crippen LogP contribution in [0.3, 0.4) is 0 Å². The van der Waals surface area contributed by atoms with Crippen molar-refractivity contribution in [3.05, 3.63) is 48.0 Å². The van der Waals surface area contributed by atoms with Gasteiger partial charge in [-0.15, -0.1) is 0 Å². The number of amides is 1. The molecule has 1 saturated heterocycles. The first-order chi connectivity index (χ1) is 8.34. The molecule has 0 aliphatic carbocycles. The Kier molecular flexibility index (Phi) is 2.71. The first kappa shape index (κ1) is 10.6. The highest BCUT2D eigenvalue weighted by Gasteiger charge is 2.32. The summed E-state index contributed by atoms with van der Waals surface area (Å²) in [5.41, 5.74) is 1.43. The van der Waals surface area contributed by atoms with Crippen LogP contribution < -0.4 is 0 Å². The van der Waals surface area contributed by atoms with Crippen molar-refractivity contribution in [2.45, 2.75) is 31.2 Å². The topological polar surface area (TPSA) is 20.3 Å². The lowest BCUT2D eigenvalue weighted by Crippen LogP contribution is -2.46. The molecule has 1 fully saturated rings. The van der Waals surface area contributed by atoms with Crippen LogP contribution in [0.1, 0.15) is 30.7 Å². The zero-order valence-electron chi connectivity index (χ0n) is 9.88. The Morgan fingerprint density at radius 1 is 1.18 bits per heavy atom. The average Bonchev–Trinajstić information content (AvgIpc) is 2.40. The Morgan fingerprint density at radius 2 is 2.00 bits per heavy atom. The molecule has 0 N–H and O–H groups in total. The van der Waals surface area contributed by atoms with Crippen molar-refractivity contribution >= 4 is 5.91 Å². The molecule has 0 spiro atoms.